The molecule has 1 amide bonds. The smallest absolute Gasteiger partial charge is 0.231 e. The molecule has 7 heteroatoms. The Bertz CT molecular complexity index is 453. The van der Waals surface area contributed by atoms with Crippen LogP contribution in [0.25, 0.3) is 0 Å². The number of nitrogens with two attached hydrogens (primary N) is 1. The summed E-state index contributed by atoms with van der Waals surface area (Å²) in [4.78, 5) is 12.0. The molecule has 0 bridgehead atoms. The lowest BCUT2D eigenvalue weighted by Crippen LogP contribution is -2.42. The number of rotatable bonds is 6. The quantitative estimate of drug-likeness (QED) is 0.294. The third-order valence-electron chi connectivity index (χ3n) is 2.85. The lowest BCUT2D eigenvalue weighted by Gasteiger charge is -2.18. The van der Waals surface area contributed by atoms with Crippen LogP contribution in [-0.4, -0.2) is 33.3 Å². The Morgan fingerprint density at radius 1 is 1.63 bits per heavy atom. The number of hydrogen-bond donors (Lipinski definition) is 3. The van der Waals surface area contributed by atoms with Crippen LogP contribution in [0.3, 0.4) is 0 Å². The second-order valence-corrected chi connectivity index (χ2v) is 4.81. The van der Waals surface area contributed by atoms with Crippen molar-refractivity contribution in [2.24, 2.45) is 29.8 Å². The molecular formula is C12H21N5O2. The van der Waals surface area contributed by atoms with Gasteiger partial charge in [0.1, 0.15) is 5.92 Å². The van der Waals surface area contributed by atoms with Gasteiger partial charge in [-0.05, 0) is 17.9 Å². The molecule has 0 spiro atoms. The van der Waals surface area contributed by atoms with Gasteiger partial charge in [0.25, 0.3) is 0 Å². The average molecular weight is 267 g/mol. The van der Waals surface area contributed by atoms with Gasteiger partial charge in [0.2, 0.25) is 5.91 Å². The van der Waals surface area contributed by atoms with E-state index in [1.165, 1.54) is 0 Å². The van der Waals surface area contributed by atoms with Crippen LogP contribution in [0.4, 0.5) is 0 Å². The summed E-state index contributed by atoms with van der Waals surface area (Å²) in [5.74, 6) is -0.934. The fraction of sp³-hybridized carbons (Fsp3) is 0.583. The van der Waals surface area contributed by atoms with Gasteiger partial charge in [-0.2, -0.15) is 5.10 Å². The molecule has 0 aliphatic rings. The van der Waals surface area contributed by atoms with Crippen molar-refractivity contribution in [2.75, 3.05) is 6.54 Å². The topological polar surface area (TPSA) is 106 Å². The molecule has 1 aromatic heterocycles. The molecular weight excluding hydrogens is 246 g/mol. The number of nitrogens with zero attached hydrogens (tertiary/aromatic N) is 3. The molecule has 1 rings (SSSR count). The van der Waals surface area contributed by atoms with Crippen LogP contribution in [-0.2, 0) is 18.3 Å². The number of nitrogens with one attached hydrogen (secondary N) is 1. The van der Waals surface area contributed by atoms with Gasteiger partial charge in [-0.3, -0.25) is 9.48 Å². The highest BCUT2D eigenvalue weighted by atomic mass is 16.4. The lowest BCUT2D eigenvalue weighted by molar-refractivity contribution is -0.124. The van der Waals surface area contributed by atoms with E-state index in [-0.39, 0.29) is 17.7 Å². The molecule has 0 aromatic carbocycles. The number of aryl methyl sites for hydroxylation is 1. The van der Waals surface area contributed by atoms with Crippen LogP contribution in [0.2, 0.25) is 0 Å². The zero-order valence-corrected chi connectivity index (χ0v) is 11.5. The van der Waals surface area contributed by atoms with E-state index in [0.717, 1.165) is 5.56 Å². The van der Waals surface area contributed by atoms with E-state index < -0.39 is 5.92 Å². The second kappa shape index (κ2) is 6.77. The largest absolute Gasteiger partial charge is 0.409 e. The monoisotopic (exact) mass is 267 g/mol. The Morgan fingerprint density at radius 3 is 2.79 bits per heavy atom. The normalized spacial score (nSPS) is 13.6. The molecule has 106 valence electrons. The first-order valence-corrected chi connectivity index (χ1v) is 6.18. The summed E-state index contributed by atoms with van der Waals surface area (Å²) < 4.78 is 1.71. The summed E-state index contributed by atoms with van der Waals surface area (Å²) in [6.45, 7) is 4.19. The molecule has 0 saturated heterocycles. The van der Waals surface area contributed by atoms with Crippen LogP contribution >= 0.6 is 0 Å². The Labute approximate surface area is 112 Å². The van der Waals surface area contributed by atoms with E-state index in [4.69, 9.17) is 10.9 Å². The van der Waals surface area contributed by atoms with Crippen LogP contribution < -0.4 is 11.1 Å². The Balaban J connectivity index is 2.49. The van der Waals surface area contributed by atoms with E-state index in [2.05, 4.69) is 15.6 Å². The maximum atomic E-state index is 12.0. The Kier molecular flexibility index (Phi) is 5.35. The standard InChI is InChI=1S/C12H21N5O2/c1-8(2)10(11(13)16-19)12(18)14-5-4-9-6-15-17(3)7-9/h6-8,10,19H,4-5H2,1-3H3,(H2,13,16)(H,14,18). The van der Waals surface area contributed by atoms with E-state index in [9.17, 15) is 4.79 Å². The predicted molar refractivity (Wildman–Crippen MR) is 71.7 cm³/mol. The SMILES string of the molecule is CC(C)C(C(=O)NCCc1cnn(C)c1)C(N)=NO. The highest BCUT2D eigenvalue weighted by Crippen LogP contribution is 2.11. The molecule has 0 saturated carbocycles. The molecule has 1 unspecified atom stereocenters. The van der Waals surface area contributed by atoms with Crippen LogP contribution in [0.15, 0.2) is 17.5 Å². The van der Waals surface area contributed by atoms with Crippen LogP contribution in [0.5, 0.6) is 0 Å². The third-order valence-corrected chi connectivity index (χ3v) is 2.85. The third kappa shape index (κ3) is 4.27. The maximum absolute atomic E-state index is 12.0. The molecule has 1 aromatic rings. The summed E-state index contributed by atoms with van der Waals surface area (Å²) in [6.07, 6.45) is 4.35. The van der Waals surface area contributed by atoms with E-state index in [0.29, 0.717) is 13.0 Å². The zero-order chi connectivity index (χ0) is 14.4. The molecule has 1 atom stereocenters. The lowest BCUT2D eigenvalue weighted by atomic mass is 9.94. The highest BCUT2D eigenvalue weighted by molar-refractivity contribution is 6.02. The molecule has 19 heavy (non-hydrogen) atoms. The number of amidine groups is 1. The number of amides is 1. The second-order valence-electron chi connectivity index (χ2n) is 4.81. The summed E-state index contributed by atoms with van der Waals surface area (Å²) in [6, 6.07) is 0. The molecule has 0 fully saturated rings. The van der Waals surface area contributed by atoms with Crippen LogP contribution in [0.1, 0.15) is 19.4 Å². The number of hydrogen-bond acceptors (Lipinski definition) is 4. The van der Waals surface area contributed by atoms with Gasteiger partial charge in [-0.1, -0.05) is 19.0 Å². The summed E-state index contributed by atoms with van der Waals surface area (Å²) in [7, 11) is 1.84. The minimum absolute atomic E-state index is 0.0331. The molecule has 0 radical (unpaired) electrons. The summed E-state index contributed by atoms with van der Waals surface area (Å²) >= 11 is 0. The van der Waals surface area contributed by atoms with Crippen molar-refractivity contribution >= 4 is 11.7 Å². The minimum atomic E-state index is -0.612. The fourth-order valence-electron chi connectivity index (χ4n) is 1.88. The Morgan fingerprint density at radius 2 is 2.32 bits per heavy atom. The van der Waals surface area contributed by atoms with Gasteiger partial charge in [-0.25, -0.2) is 0 Å². The molecule has 0 aliphatic carbocycles. The molecule has 0 aliphatic heterocycles. The van der Waals surface area contributed by atoms with Gasteiger partial charge in [-0.15, -0.1) is 0 Å². The van der Waals surface area contributed by atoms with Crippen molar-refractivity contribution in [3.05, 3.63) is 18.0 Å². The van der Waals surface area contributed by atoms with Crippen molar-refractivity contribution in [2.45, 2.75) is 20.3 Å². The highest BCUT2D eigenvalue weighted by Gasteiger charge is 2.26. The van der Waals surface area contributed by atoms with Crippen molar-refractivity contribution in [1.29, 1.82) is 0 Å². The van der Waals surface area contributed by atoms with Gasteiger partial charge in [0.05, 0.1) is 6.20 Å². The molecule has 4 N–H and O–H groups in total. The fourth-order valence-corrected chi connectivity index (χ4v) is 1.88. The average Bonchev–Trinajstić information content (AvgIpc) is 2.74. The molecule has 1 heterocycles. The van der Waals surface area contributed by atoms with Crippen LogP contribution in [0, 0.1) is 11.8 Å². The predicted octanol–water partition coefficient (Wildman–Crippen LogP) is 0.0974. The van der Waals surface area contributed by atoms with E-state index >= 15 is 0 Å². The zero-order valence-electron chi connectivity index (χ0n) is 11.5. The Hall–Kier alpha value is -2.05. The van der Waals surface area contributed by atoms with Crippen molar-refractivity contribution in [1.82, 2.24) is 15.1 Å². The first kappa shape index (κ1) is 15.0. The van der Waals surface area contributed by atoms with E-state index in [1.54, 1.807) is 10.9 Å². The minimum Gasteiger partial charge on any atom is -0.409 e. The number of oxime groups is 1. The van der Waals surface area contributed by atoms with Gasteiger partial charge in [0.15, 0.2) is 5.84 Å². The van der Waals surface area contributed by atoms with Gasteiger partial charge < -0.3 is 16.3 Å². The van der Waals surface area contributed by atoms with Crippen molar-refractivity contribution < 1.29 is 10.0 Å². The first-order chi connectivity index (χ1) is 8.95. The number of carbonyl (C=O) groups is 1. The van der Waals surface area contributed by atoms with Crippen molar-refractivity contribution in [3.8, 4) is 0 Å². The van der Waals surface area contributed by atoms with Crippen molar-refractivity contribution in [3.63, 3.8) is 0 Å². The van der Waals surface area contributed by atoms with Gasteiger partial charge in [0, 0.05) is 19.8 Å². The maximum Gasteiger partial charge on any atom is 0.231 e. The number of carbonyl (C=O) groups excluding carboxylic acids is 1. The van der Waals surface area contributed by atoms with E-state index in [1.807, 2.05) is 27.1 Å². The molecule has 7 nitrogen and oxygen atoms in total. The summed E-state index contributed by atoms with van der Waals surface area (Å²) in [5.41, 5.74) is 6.58. The van der Waals surface area contributed by atoms with Gasteiger partial charge >= 0.3 is 0 Å². The summed E-state index contributed by atoms with van der Waals surface area (Å²) in [5, 5.41) is 18.4. The number of aromatic nitrogens is 2. The first-order valence-electron chi connectivity index (χ1n) is 6.18.